The molecule has 0 bridgehead atoms. The van der Waals surface area contributed by atoms with Gasteiger partial charge in [-0.05, 0) is 20.5 Å². The minimum Gasteiger partial charge on any atom is -0.464 e. The zero-order valence-electron chi connectivity index (χ0n) is 7.39. The Labute approximate surface area is 67.6 Å². The van der Waals surface area contributed by atoms with Gasteiger partial charge in [-0.15, -0.1) is 0 Å². The number of carbonyl (C=O) groups is 1. The van der Waals surface area contributed by atoms with Gasteiger partial charge in [-0.2, -0.15) is 0 Å². The lowest BCUT2D eigenvalue weighted by molar-refractivity contribution is -0.146. The molecule has 0 saturated heterocycles. The number of aliphatic hydroxyl groups excluding tert-OH is 1. The number of esters is 1. The highest BCUT2D eigenvalue weighted by atomic mass is 16.5. The average Bonchev–Trinajstić information content (AvgIpc) is 2.02. The van der Waals surface area contributed by atoms with Gasteiger partial charge in [0.15, 0.2) is 0 Å². The Morgan fingerprint density at radius 1 is 1.55 bits per heavy atom. The molecule has 0 aromatic heterocycles. The summed E-state index contributed by atoms with van der Waals surface area (Å²) >= 11 is 0. The summed E-state index contributed by atoms with van der Waals surface area (Å²) in [7, 11) is 3.75. The van der Waals surface area contributed by atoms with Crippen molar-refractivity contribution in [2.24, 2.45) is 0 Å². The maximum atomic E-state index is 10.1. The fourth-order valence-corrected chi connectivity index (χ4v) is 0.262. The van der Waals surface area contributed by atoms with Gasteiger partial charge in [0.2, 0.25) is 0 Å². The molecule has 0 amide bonds. The van der Waals surface area contributed by atoms with Crippen molar-refractivity contribution in [2.75, 3.05) is 27.3 Å². The van der Waals surface area contributed by atoms with Gasteiger partial charge in [-0.25, -0.2) is 4.79 Å². The minimum atomic E-state index is -0.549. The predicted octanol–water partition coefficient (Wildman–Crippen LogP) is -0.233. The number of aliphatic hydroxyl groups is 1. The van der Waals surface area contributed by atoms with Crippen LogP contribution in [0.15, 0.2) is 0 Å². The molecular formula is C7H17NO3. The van der Waals surface area contributed by atoms with Crippen LogP contribution in [0.2, 0.25) is 0 Å². The van der Waals surface area contributed by atoms with Crippen LogP contribution >= 0.6 is 0 Å². The van der Waals surface area contributed by atoms with Crippen LogP contribution < -0.4 is 5.32 Å². The molecular weight excluding hydrogens is 146 g/mol. The summed E-state index contributed by atoms with van der Waals surface area (Å²) in [5.41, 5.74) is 0. The summed E-state index contributed by atoms with van der Waals surface area (Å²) in [6, 6.07) is 0. The summed E-state index contributed by atoms with van der Waals surface area (Å²) < 4.78 is 4.45. The number of ether oxygens (including phenoxy) is 1. The third-order valence-corrected chi connectivity index (χ3v) is 0.596. The van der Waals surface area contributed by atoms with E-state index >= 15 is 0 Å². The van der Waals surface area contributed by atoms with Crippen LogP contribution in [0.3, 0.4) is 0 Å². The molecule has 0 aliphatic carbocycles. The molecule has 2 N–H and O–H groups in total. The van der Waals surface area contributed by atoms with Crippen LogP contribution in [-0.4, -0.2) is 38.4 Å². The molecule has 0 aromatic carbocycles. The van der Waals surface area contributed by atoms with Crippen molar-refractivity contribution in [2.45, 2.75) is 13.3 Å². The average molecular weight is 163 g/mol. The van der Waals surface area contributed by atoms with Crippen molar-refractivity contribution in [3.05, 3.63) is 0 Å². The van der Waals surface area contributed by atoms with Crippen molar-refractivity contribution in [1.82, 2.24) is 5.32 Å². The Bertz CT molecular complexity index is 85.8. The lowest BCUT2D eigenvalue weighted by atomic mass is 10.5. The van der Waals surface area contributed by atoms with Crippen molar-refractivity contribution in [3.8, 4) is 0 Å². The van der Waals surface area contributed by atoms with Gasteiger partial charge in [0.1, 0.15) is 6.61 Å². The van der Waals surface area contributed by atoms with E-state index in [1.165, 1.54) is 0 Å². The first-order valence-corrected chi connectivity index (χ1v) is 3.57. The third kappa shape index (κ3) is 17.7. The van der Waals surface area contributed by atoms with Gasteiger partial charge in [0.25, 0.3) is 0 Å². The van der Waals surface area contributed by atoms with E-state index in [0.29, 0.717) is 6.61 Å². The fraction of sp³-hybridized carbons (Fsp3) is 0.857. The monoisotopic (exact) mass is 163 g/mol. The quantitative estimate of drug-likeness (QED) is 0.564. The highest BCUT2D eigenvalue weighted by Gasteiger charge is 1.94. The Kier molecular flexibility index (Phi) is 14.3. The van der Waals surface area contributed by atoms with Crippen molar-refractivity contribution < 1.29 is 14.6 Å². The van der Waals surface area contributed by atoms with E-state index in [9.17, 15) is 4.79 Å². The Hall–Kier alpha value is -0.610. The number of carbonyl (C=O) groups excluding carboxylic acids is 1. The van der Waals surface area contributed by atoms with Crippen LogP contribution in [0.4, 0.5) is 0 Å². The molecule has 4 heteroatoms. The molecule has 0 atom stereocenters. The van der Waals surface area contributed by atoms with Gasteiger partial charge in [-0.3, -0.25) is 0 Å². The largest absolute Gasteiger partial charge is 0.464 e. The Balaban J connectivity index is 0. The molecule has 0 aliphatic heterocycles. The van der Waals surface area contributed by atoms with E-state index in [0.717, 1.165) is 6.42 Å². The SMILES string of the molecule is CCCOC(=O)CO.CNC. The normalized spacial score (nSPS) is 8.00. The molecule has 0 aromatic rings. The molecule has 0 unspecified atom stereocenters. The van der Waals surface area contributed by atoms with Crippen LogP contribution in [-0.2, 0) is 9.53 Å². The molecule has 11 heavy (non-hydrogen) atoms. The number of nitrogens with one attached hydrogen (secondary N) is 1. The zero-order valence-corrected chi connectivity index (χ0v) is 7.39. The van der Waals surface area contributed by atoms with E-state index in [-0.39, 0.29) is 0 Å². The van der Waals surface area contributed by atoms with Gasteiger partial charge >= 0.3 is 5.97 Å². The molecule has 68 valence electrons. The number of hydrogen-bond acceptors (Lipinski definition) is 4. The molecule has 0 radical (unpaired) electrons. The van der Waals surface area contributed by atoms with E-state index in [1.54, 1.807) is 0 Å². The van der Waals surface area contributed by atoms with E-state index in [2.05, 4.69) is 10.1 Å². The lowest BCUT2D eigenvalue weighted by Gasteiger charge is -1.96. The van der Waals surface area contributed by atoms with Gasteiger partial charge < -0.3 is 15.2 Å². The zero-order chi connectivity index (χ0) is 9.11. The molecule has 0 rings (SSSR count). The first-order chi connectivity index (χ1) is 5.22. The minimum absolute atomic E-state index is 0.402. The van der Waals surface area contributed by atoms with Gasteiger partial charge in [-0.1, -0.05) is 6.92 Å². The highest BCUT2D eigenvalue weighted by Crippen LogP contribution is 1.79. The summed E-state index contributed by atoms with van der Waals surface area (Å²) in [6.07, 6.45) is 0.797. The van der Waals surface area contributed by atoms with Crippen LogP contribution in [0.5, 0.6) is 0 Å². The molecule has 0 aliphatic rings. The standard InChI is InChI=1S/C5H10O3.C2H7N/c1-2-3-8-5(7)4-6;1-3-2/h6H,2-4H2,1H3;3H,1-2H3. The van der Waals surface area contributed by atoms with Crippen LogP contribution in [0, 0.1) is 0 Å². The third-order valence-electron chi connectivity index (χ3n) is 0.596. The maximum Gasteiger partial charge on any atom is 0.331 e. The smallest absolute Gasteiger partial charge is 0.331 e. The van der Waals surface area contributed by atoms with E-state index in [1.807, 2.05) is 21.0 Å². The topological polar surface area (TPSA) is 58.6 Å². The van der Waals surface area contributed by atoms with Gasteiger partial charge in [0.05, 0.1) is 6.61 Å². The number of rotatable bonds is 3. The van der Waals surface area contributed by atoms with E-state index < -0.39 is 12.6 Å². The summed E-state index contributed by atoms with van der Waals surface area (Å²) in [6.45, 7) is 1.78. The van der Waals surface area contributed by atoms with E-state index in [4.69, 9.17) is 5.11 Å². The Morgan fingerprint density at radius 3 is 2.27 bits per heavy atom. The first kappa shape index (κ1) is 13.0. The highest BCUT2D eigenvalue weighted by molar-refractivity contribution is 5.70. The predicted molar refractivity (Wildman–Crippen MR) is 43.3 cm³/mol. The van der Waals surface area contributed by atoms with Crippen molar-refractivity contribution in [1.29, 1.82) is 0 Å². The Morgan fingerprint density at radius 2 is 2.00 bits per heavy atom. The second kappa shape index (κ2) is 12.1. The van der Waals surface area contributed by atoms with Crippen molar-refractivity contribution in [3.63, 3.8) is 0 Å². The summed E-state index contributed by atoms with van der Waals surface area (Å²) in [4.78, 5) is 10.1. The molecule has 0 saturated carbocycles. The summed E-state index contributed by atoms with van der Waals surface area (Å²) in [5, 5.41) is 10.8. The van der Waals surface area contributed by atoms with Crippen LogP contribution in [0.25, 0.3) is 0 Å². The second-order valence-corrected chi connectivity index (χ2v) is 1.88. The molecule has 0 fully saturated rings. The molecule has 0 spiro atoms. The summed E-state index contributed by atoms with van der Waals surface area (Å²) in [5.74, 6) is -0.549. The fourth-order valence-electron chi connectivity index (χ4n) is 0.262. The van der Waals surface area contributed by atoms with Crippen molar-refractivity contribution >= 4 is 5.97 Å². The van der Waals surface area contributed by atoms with Gasteiger partial charge in [0, 0.05) is 0 Å². The lowest BCUT2D eigenvalue weighted by Crippen LogP contribution is -2.08. The molecule has 0 heterocycles. The van der Waals surface area contributed by atoms with Crippen LogP contribution in [0.1, 0.15) is 13.3 Å². The first-order valence-electron chi connectivity index (χ1n) is 3.57. The maximum absolute atomic E-state index is 10.1. The molecule has 4 nitrogen and oxygen atoms in total. The second-order valence-electron chi connectivity index (χ2n) is 1.88. The number of hydrogen-bond donors (Lipinski definition) is 2.